The van der Waals surface area contributed by atoms with E-state index in [9.17, 15) is 4.39 Å². The summed E-state index contributed by atoms with van der Waals surface area (Å²) >= 11 is 6.70. The molecule has 0 heterocycles. The SMILES string of the molecule is Cc1cc(F)ccc1C(Cl)c1ccc(C)c2ccccc12. The van der Waals surface area contributed by atoms with Crippen molar-refractivity contribution in [3.63, 3.8) is 0 Å². The molecule has 0 amide bonds. The van der Waals surface area contributed by atoms with E-state index >= 15 is 0 Å². The number of fused-ring (bicyclic) bond motifs is 1. The third-order valence-electron chi connectivity index (χ3n) is 3.95. The fraction of sp³-hybridized carbons (Fsp3) is 0.158. The van der Waals surface area contributed by atoms with Gasteiger partial charge in [-0.25, -0.2) is 4.39 Å². The molecule has 0 radical (unpaired) electrons. The van der Waals surface area contributed by atoms with Crippen LogP contribution in [0.25, 0.3) is 10.8 Å². The first-order valence-corrected chi connectivity index (χ1v) is 7.40. The smallest absolute Gasteiger partial charge is 0.123 e. The number of rotatable bonds is 2. The van der Waals surface area contributed by atoms with Crippen molar-refractivity contribution in [2.75, 3.05) is 0 Å². The zero-order chi connectivity index (χ0) is 15.0. The Morgan fingerprint density at radius 3 is 2.19 bits per heavy atom. The van der Waals surface area contributed by atoms with Crippen LogP contribution in [0.4, 0.5) is 4.39 Å². The summed E-state index contributed by atoms with van der Waals surface area (Å²) in [6.07, 6.45) is 0. The second-order valence-corrected chi connectivity index (χ2v) is 5.82. The lowest BCUT2D eigenvalue weighted by Crippen LogP contribution is -1.98. The predicted octanol–water partition coefficient (Wildman–Crippen LogP) is 5.92. The average molecular weight is 299 g/mol. The highest BCUT2D eigenvalue weighted by Crippen LogP contribution is 2.36. The van der Waals surface area contributed by atoms with Crippen molar-refractivity contribution >= 4 is 22.4 Å². The lowest BCUT2D eigenvalue weighted by Gasteiger charge is -2.16. The molecule has 3 aromatic rings. The summed E-state index contributed by atoms with van der Waals surface area (Å²) in [5.41, 5.74) is 4.12. The van der Waals surface area contributed by atoms with Crippen LogP contribution in [0.5, 0.6) is 0 Å². The minimum absolute atomic E-state index is 0.228. The summed E-state index contributed by atoms with van der Waals surface area (Å²) in [6, 6.07) is 17.2. The minimum Gasteiger partial charge on any atom is -0.207 e. The highest BCUT2D eigenvalue weighted by molar-refractivity contribution is 6.23. The minimum atomic E-state index is -0.281. The molecule has 3 rings (SSSR count). The monoisotopic (exact) mass is 298 g/mol. The molecule has 2 heteroatoms. The first-order valence-electron chi connectivity index (χ1n) is 6.96. The maximum absolute atomic E-state index is 13.3. The second-order valence-electron chi connectivity index (χ2n) is 5.38. The molecule has 1 atom stereocenters. The molecule has 0 saturated heterocycles. The van der Waals surface area contributed by atoms with Crippen LogP contribution in [0, 0.1) is 19.7 Å². The molecule has 21 heavy (non-hydrogen) atoms. The highest BCUT2D eigenvalue weighted by Gasteiger charge is 2.16. The van der Waals surface area contributed by atoms with Gasteiger partial charge in [-0.2, -0.15) is 0 Å². The van der Waals surface area contributed by atoms with E-state index in [1.54, 1.807) is 6.07 Å². The van der Waals surface area contributed by atoms with E-state index in [1.807, 2.05) is 19.1 Å². The van der Waals surface area contributed by atoms with E-state index in [4.69, 9.17) is 11.6 Å². The molecule has 0 saturated carbocycles. The zero-order valence-electron chi connectivity index (χ0n) is 12.0. The van der Waals surface area contributed by atoms with Gasteiger partial charge < -0.3 is 0 Å². The van der Waals surface area contributed by atoms with Crippen LogP contribution in [-0.2, 0) is 0 Å². The van der Waals surface area contributed by atoms with Gasteiger partial charge in [0, 0.05) is 0 Å². The maximum Gasteiger partial charge on any atom is 0.123 e. The molecule has 0 fully saturated rings. The number of benzene rings is 3. The molecular formula is C19H16ClF. The Hall–Kier alpha value is -1.86. The molecule has 0 spiro atoms. The van der Waals surface area contributed by atoms with Crippen molar-refractivity contribution in [1.29, 1.82) is 0 Å². The molecule has 3 aromatic carbocycles. The van der Waals surface area contributed by atoms with Crippen molar-refractivity contribution in [2.45, 2.75) is 19.2 Å². The molecule has 0 aliphatic rings. The lowest BCUT2D eigenvalue weighted by atomic mass is 9.94. The molecule has 0 aromatic heterocycles. The van der Waals surface area contributed by atoms with Gasteiger partial charge in [-0.05, 0) is 59.0 Å². The predicted molar refractivity (Wildman–Crippen MR) is 87.5 cm³/mol. The summed E-state index contributed by atoms with van der Waals surface area (Å²) in [6.45, 7) is 3.99. The molecule has 106 valence electrons. The molecule has 0 aliphatic carbocycles. The van der Waals surface area contributed by atoms with Gasteiger partial charge >= 0.3 is 0 Å². The Morgan fingerprint density at radius 2 is 1.48 bits per heavy atom. The molecule has 0 nitrogen and oxygen atoms in total. The van der Waals surface area contributed by atoms with Gasteiger partial charge in [0.1, 0.15) is 5.82 Å². The Morgan fingerprint density at radius 1 is 0.810 bits per heavy atom. The van der Waals surface area contributed by atoms with Crippen molar-refractivity contribution < 1.29 is 4.39 Å². The number of halogens is 2. The van der Waals surface area contributed by atoms with E-state index < -0.39 is 0 Å². The Bertz CT molecular complexity index is 808. The van der Waals surface area contributed by atoms with E-state index in [-0.39, 0.29) is 11.2 Å². The van der Waals surface area contributed by atoms with E-state index in [1.165, 1.54) is 23.1 Å². The molecule has 1 unspecified atom stereocenters. The van der Waals surface area contributed by atoms with Crippen LogP contribution in [0.1, 0.15) is 27.6 Å². The van der Waals surface area contributed by atoms with Crippen LogP contribution in [0.2, 0.25) is 0 Å². The summed E-state index contributed by atoms with van der Waals surface area (Å²) < 4.78 is 13.3. The van der Waals surface area contributed by atoms with E-state index in [0.717, 1.165) is 22.1 Å². The van der Waals surface area contributed by atoms with Gasteiger partial charge in [0.05, 0.1) is 5.38 Å². The van der Waals surface area contributed by atoms with Gasteiger partial charge in [-0.15, -0.1) is 11.6 Å². The van der Waals surface area contributed by atoms with Crippen molar-refractivity contribution in [1.82, 2.24) is 0 Å². The maximum atomic E-state index is 13.3. The quantitative estimate of drug-likeness (QED) is 0.515. The summed E-state index contributed by atoms with van der Waals surface area (Å²) in [7, 11) is 0. The van der Waals surface area contributed by atoms with E-state index in [2.05, 4.69) is 31.2 Å². The molecule has 0 bridgehead atoms. The molecule has 0 N–H and O–H groups in total. The topological polar surface area (TPSA) is 0 Å². The third-order valence-corrected chi connectivity index (χ3v) is 4.42. The highest BCUT2D eigenvalue weighted by atomic mass is 35.5. The van der Waals surface area contributed by atoms with Gasteiger partial charge in [0.25, 0.3) is 0 Å². The van der Waals surface area contributed by atoms with Gasteiger partial charge in [-0.3, -0.25) is 0 Å². The summed E-state index contributed by atoms with van der Waals surface area (Å²) in [5, 5.41) is 2.08. The Kier molecular flexibility index (Phi) is 3.69. The second kappa shape index (κ2) is 5.50. The number of hydrogen-bond donors (Lipinski definition) is 0. The van der Waals surface area contributed by atoms with Gasteiger partial charge in [0.15, 0.2) is 0 Å². The van der Waals surface area contributed by atoms with Crippen LogP contribution < -0.4 is 0 Å². The van der Waals surface area contributed by atoms with Crippen molar-refractivity contribution in [2.24, 2.45) is 0 Å². The van der Waals surface area contributed by atoms with Gasteiger partial charge in [0.2, 0.25) is 0 Å². The number of aryl methyl sites for hydroxylation is 2. The van der Waals surface area contributed by atoms with Gasteiger partial charge in [-0.1, -0.05) is 42.5 Å². The first-order chi connectivity index (χ1) is 10.1. The summed E-state index contributed by atoms with van der Waals surface area (Å²) in [5.74, 6) is -0.228. The standard InChI is InChI=1S/C19H16ClF/c1-12-7-9-18(17-6-4-3-5-15(12)17)19(20)16-10-8-14(21)11-13(16)2/h3-11,19H,1-2H3. The van der Waals surface area contributed by atoms with Crippen molar-refractivity contribution in [3.05, 3.63) is 82.7 Å². The fourth-order valence-electron chi connectivity index (χ4n) is 2.79. The Labute approximate surface area is 129 Å². The first kappa shape index (κ1) is 14.1. The average Bonchev–Trinajstić information content (AvgIpc) is 2.47. The summed E-state index contributed by atoms with van der Waals surface area (Å²) in [4.78, 5) is 0. The van der Waals surface area contributed by atoms with Crippen molar-refractivity contribution in [3.8, 4) is 0 Å². The third kappa shape index (κ3) is 2.54. The van der Waals surface area contributed by atoms with Crippen LogP contribution in [-0.4, -0.2) is 0 Å². The molecule has 0 aliphatic heterocycles. The zero-order valence-corrected chi connectivity index (χ0v) is 12.8. The fourth-order valence-corrected chi connectivity index (χ4v) is 3.22. The van der Waals surface area contributed by atoms with Crippen LogP contribution >= 0.6 is 11.6 Å². The van der Waals surface area contributed by atoms with Crippen LogP contribution in [0.3, 0.4) is 0 Å². The number of hydrogen-bond acceptors (Lipinski definition) is 0. The van der Waals surface area contributed by atoms with Crippen LogP contribution in [0.15, 0.2) is 54.6 Å². The normalized spacial score (nSPS) is 12.6. The lowest BCUT2D eigenvalue weighted by molar-refractivity contribution is 0.625. The molecular weight excluding hydrogens is 283 g/mol. The van der Waals surface area contributed by atoms with E-state index in [0.29, 0.717) is 0 Å². The Balaban J connectivity index is 2.18. The largest absolute Gasteiger partial charge is 0.207 e. The number of alkyl halides is 1.